The number of aromatic nitrogens is 1. The summed E-state index contributed by atoms with van der Waals surface area (Å²) in [6.07, 6.45) is 8.11. The molecule has 1 heterocycles. The van der Waals surface area contributed by atoms with E-state index in [9.17, 15) is 0 Å². The molecule has 0 atom stereocenters. The van der Waals surface area contributed by atoms with Crippen molar-refractivity contribution >= 4 is 21.8 Å². The van der Waals surface area contributed by atoms with Gasteiger partial charge in [-0.3, -0.25) is 0 Å². The molecule has 1 aromatic heterocycles. The zero-order valence-corrected chi connectivity index (χ0v) is 14.9. The molecule has 0 aliphatic heterocycles. The van der Waals surface area contributed by atoms with Crippen LogP contribution in [0.15, 0.2) is 36.4 Å². The number of rotatable bonds is 7. The van der Waals surface area contributed by atoms with Gasteiger partial charge in [-0.15, -0.1) is 0 Å². The van der Waals surface area contributed by atoms with E-state index in [1.165, 1.54) is 71.5 Å². The Bertz CT molecular complexity index is 735. The first kappa shape index (κ1) is 16.1. The molecule has 0 radical (unpaired) electrons. The van der Waals surface area contributed by atoms with Crippen molar-refractivity contribution in [3.63, 3.8) is 0 Å². The summed E-state index contributed by atoms with van der Waals surface area (Å²) in [5, 5.41) is 2.82. The van der Waals surface area contributed by atoms with Crippen LogP contribution < -0.4 is 0 Å². The minimum atomic E-state index is 1.14. The topological polar surface area (TPSA) is 4.93 Å². The van der Waals surface area contributed by atoms with Crippen LogP contribution in [0.5, 0.6) is 0 Å². The lowest BCUT2D eigenvalue weighted by molar-refractivity contribution is 0.571. The first-order valence-corrected chi connectivity index (χ1v) is 9.20. The van der Waals surface area contributed by atoms with Crippen molar-refractivity contribution in [2.45, 2.75) is 65.8 Å². The predicted molar refractivity (Wildman–Crippen MR) is 102 cm³/mol. The fourth-order valence-corrected chi connectivity index (χ4v) is 3.62. The van der Waals surface area contributed by atoms with Gasteiger partial charge in [-0.05, 0) is 44.5 Å². The molecule has 0 aliphatic rings. The van der Waals surface area contributed by atoms with E-state index in [1.807, 2.05) is 0 Å². The first-order valence-electron chi connectivity index (χ1n) is 9.20. The third kappa shape index (κ3) is 3.44. The molecule has 122 valence electrons. The Labute approximate surface area is 140 Å². The lowest BCUT2D eigenvalue weighted by atomic mass is 10.1. The van der Waals surface area contributed by atoms with Gasteiger partial charge in [-0.2, -0.15) is 0 Å². The fourth-order valence-electron chi connectivity index (χ4n) is 3.62. The Kier molecular flexibility index (Phi) is 5.05. The average molecular weight is 307 g/mol. The number of aryl methyl sites for hydroxylation is 3. The number of fused-ring (bicyclic) bond motifs is 3. The molecule has 0 bridgehead atoms. The summed E-state index contributed by atoms with van der Waals surface area (Å²) in [6, 6.07) is 13.8. The van der Waals surface area contributed by atoms with E-state index in [-0.39, 0.29) is 0 Å². The van der Waals surface area contributed by atoms with Gasteiger partial charge in [0.15, 0.2) is 0 Å². The summed E-state index contributed by atoms with van der Waals surface area (Å²) in [5.74, 6) is 0. The molecule has 0 unspecified atom stereocenters. The predicted octanol–water partition coefficient (Wildman–Crippen LogP) is 6.77. The quantitative estimate of drug-likeness (QED) is 0.424. The van der Waals surface area contributed by atoms with E-state index in [4.69, 9.17) is 0 Å². The van der Waals surface area contributed by atoms with Gasteiger partial charge in [0.25, 0.3) is 0 Å². The van der Waals surface area contributed by atoms with Crippen LogP contribution in [-0.4, -0.2) is 4.57 Å². The van der Waals surface area contributed by atoms with Gasteiger partial charge in [0.1, 0.15) is 0 Å². The number of benzene rings is 2. The van der Waals surface area contributed by atoms with Crippen LogP contribution in [0.3, 0.4) is 0 Å². The lowest BCUT2D eigenvalue weighted by Gasteiger charge is -2.08. The third-order valence-electron chi connectivity index (χ3n) is 4.91. The maximum Gasteiger partial charge on any atom is 0.0491 e. The van der Waals surface area contributed by atoms with Crippen molar-refractivity contribution in [2.24, 2.45) is 0 Å². The van der Waals surface area contributed by atoms with Crippen LogP contribution in [0, 0.1) is 13.8 Å². The molecule has 23 heavy (non-hydrogen) atoms. The zero-order chi connectivity index (χ0) is 16.2. The molecule has 0 N–H and O–H groups in total. The van der Waals surface area contributed by atoms with Gasteiger partial charge in [-0.1, -0.05) is 62.3 Å². The third-order valence-corrected chi connectivity index (χ3v) is 4.91. The van der Waals surface area contributed by atoms with Gasteiger partial charge >= 0.3 is 0 Å². The molecule has 3 aromatic rings. The smallest absolute Gasteiger partial charge is 0.0491 e. The van der Waals surface area contributed by atoms with Crippen molar-refractivity contribution in [2.75, 3.05) is 0 Å². The lowest BCUT2D eigenvalue weighted by Crippen LogP contribution is -1.97. The Morgan fingerprint density at radius 1 is 0.696 bits per heavy atom. The number of hydrogen-bond acceptors (Lipinski definition) is 0. The molecule has 1 heteroatoms. The SMILES string of the molecule is CCCCCCCCn1c2ccc(C)cc2c2cc(C)ccc21. The number of unbranched alkanes of at least 4 members (excludes halogenated alkanes) is 5. The summed E-state index contributed by atoms with van der Waals surface area (Å²) in [7, 11) is 0. The second kappa shape index (κ2) is 7.21. The molecule has 0 spiro atoms. The summed E-state index contributed by atoms with van der Waals surface area (Å²) in [4.78, 5) is 0. The summed E-state index contributed by atoms with van der Waals surface area (Å²) >= 11 is 0. The van der Waals surface area contributed by atoms with E-state index in [2.05, 4.69) is 61.7 Å². The van der Waals surface area contributed by atoms with E-state index in [1.54, 1.807) is 0 Å². The van der Waals surface area contributed by atoms with Gasteiger partial charge in [0, 0.05) is 28.4 Å². The van der Waals surface area contributed by atoms with Crippen LogP contribution >= 0.6 is 0 Å². The molecule has 0 aliphatic carbocycles. The van der Waals surface area contributed by atoms with Crippen molar-refractivity contribution in [3.8, 4) is 0 Å². The minimum absolute atomic E-state index is 1.14. The van der Waals surface area contributed by atoms with Crippen LogP contribution in [0.2, 0.25) is 0 Å². The zero-order valence-electron chi connectivity index (χ0n) is 14.9. The fraction of sp³-hybridized carbons (Fsp3) is 0.455. The first-order chi connectivity index (χ1) is 11.2. The van der Waals surface area contributed by atoms with Crippen LogP contribution in [0.25, 0.3) is 21.8 Å². The summed E-state index contributed by atoms with van der Waals surface area (Å²) in [6.45, 7) is 7.79. The van der Waals surface area contributed by atoms with Gasteiger partial charge in [0.05, 0.1) is 0 Å². The maximum atomic E-state index is 2.53. The number of nitrogens with zero attached hydrogens (tertiary/aromatic N) is 1. The van der Waals surface area contributed by atoms with Gasteiger partial charge in [0.2, 0.25) is 0 Å². The Hall–Kier alpha value is -1.76. The molecule has 1 nitrogen and oxygen atoms in total. The van der Waals surface area contributed by atoms with Crippen LogP contribution in [-0.2, 0) is 6.54 Å². The van der Waals surface area contributed by atoms with E-state index < -0.39 is 0 Å². The molecule has 0 saturated heterocycles. The Morgan fingerprint density at radius 2 is 1.22 bits per heavy atom. The molecular formula is C22H29N. The summed E-state index contributed by atoms with van der Waals surface area (Å²) < 4.78 is 2.53. The van der Waals surface area contributed by atoms with Crippen molar-refractivity contribution < 1.29 is 0 Å². The molecule has 0 fully saturated rings. The molecule has 3 rings (SSSR count). The highest BCUT2D eigenvalue weighted by Gasteiger charge is 2.10. The maximum absolute atomic E-state index is 2.53. The summed E-state index contributed by atoms with van der Waals surface area (Å²) in [5.41, 5.74) is 5.48. The monoisotopic (exact) mass is 307 g/mol. The second-order valence-corrected chi connectivity index (χ2v) is 6.96. The standard InChI is InChI=1S/C22H29N/c1-4-5-6-7-8-9-14-23-21-12-10-17(2)15-19(21)20-16-18(3)11-13-22(20)23/h10-13,15-16H,4-9,14H2,1-3H3. The molecule has 0 amide bonds. The number of hydrogen-bond donors (Lipinski definition) is 0. The largest absolute Gasteiger partial charge is 0.340 e. The average Bonchev–Trinajstić information content (AvgIpc) is 2.83. The molecular weight excluding hydrogens is 278 g/mol. The van der Waals surface area contributed by atoms with E-state index in [0.29, 0.717) is 0 Å². The normalized spacial score (nSPS) is 11.6. The van der Waals surface area contributed by atoms with E-state index >= 15 is 0 Å². The van der Waals surface area contributed by atoms with Crippen molar-refractivity contribution in [1.29, 1.82) is 0 Å². The van der Waals surface area contributed by atoms with E-state index in [0.717, 1.165) is 6.54 Å². The highest BCUT2D eigenvalue weighted by atomic mass is 15.0. The van der Waals surface area contributed by atoms with Crippen molar-refractivity contribution in [1.82, 2.24) is 4.57 Å². The second-order valence-electron chi connectivity index (χ2n) is 6.96. The highest BCUT2D eigenvalue weighted by Crippen LogP contribution is 2.31. The highest BCUT2D eigenvalue weighted by molar-refractivity contribution is 6.08. The van der Waals surface area contributed by atoms with Gasteiger partial charge < -0.3 is 4.57 Å². The minimum Gasteiger partial charge on any atom is -0.340 e. The Balaban J connectivity index is 1.88. The Morgan fingerprint density at radius 3 is 1.78 bits per heavy atom. The van der Waals surface area contributed by atoms with Crippen molar-refractivity contribution in [3.05, 3.63) is 47.5 Å². The van der Waals surface area contributed by atoms with Gasteiger partial charge in [-0.25, -0.2) is 0 Å². The molecule has 0 saturated carbocycles. The van der Waals surface area contributed by atoms with Crippen LogP contribution in [0.4, 0.5) is 0 Å². The van der Waals surface area contributed by atoms with Crippen LogP contribution in [0.1, 0.15) is 56.6 Å². The molecule has 2 aromatic carbocycles.